The zero-order valence-electron chi connectivity index (χ0n) is 13.7. The molecule has 3 rings (SSSR count). The number of anilines is 1. The van der Waals surface area contributed by atoms with Gasteiger partial charge < -0.3 is 5.32 Å². The summed E-state index contributed by atoms with van der Waals surface area (Å²) in [6.07, 6.45) is 0. The molecule has 5 nitrogen and oxygen atoms in total. The van der Waals surface area contributed by atoms with Gasteiger partial charge in [-0.3, -0.25) is 14.9 Å². The average molecular weight is 364 g/mol. The van der Waals surface area contributed by atoms with E-state index in [9.17, 15) is 14.9 Å². The second-order valence-corrected chi connectivity index (χ2v) is 6.69. The Bertz CT molecular complexity index is 884. The Hall–Kier alpha value is -3.12. The van der Waals surface area contributed by atoms with Crippen LogP contribution in [-0.4, -0.2) is 10.8 Å². The lowest BCUT2D eigenvalue weighted by Gasteiger charge is -2.17. The van der Waals surface area contributed by atoms with Gasteiger partial charge >= 0.3 is 0 Å². The number of carbonyl (C=O) groups is 1. The van der Waals surface area contributed by atoms with Crippen molar-refractivity contribution < 1.29 is 9.72 Å². The Balaban J connectivity index is 1.81. The summed E-state index contributed by atoms with van der Waals surface area (Å²) in [6, 6.07) is 25.0. The van der Waals surface area contributed by atoms with Crippen LogP contribution < -0.4 is 5.32 Å². The number of amides is 1. The first-order chi connectivity index (χ1) is 12.6. The summed E-state index contributed by atoms with van der Waals surface area (Å²) in [5, 5.41) is 13.2. The third-order valence-electron chi connectivity index (χ3n) is 3.68. The van der Waals surface area contributed by atoms with Gasteiger partial charge in [0.2, 0.25) is 5.91 Å². The van der Waals surface area contributed by atoms with E-state index in [1.54, 1.807) is 0 Å². The predicted octanol–water partition coefficient (Wildman–Crippen LogP) is 5.07. The number of nitro groups is 1. The molecule has 0 aliphatic carbocycles. The average Bonchev–Trinajstić information content (AvgIpc) is 2.68. The Morgan fingerprint density at radius 2 is 1.46 bits per heavy atom. The minimum absolute atomic E-state index is 0.0127. The van der Waals surface area contributed by atoms with Gasteiger partial charge in [-0.15, -0.1) is 11.8 Å². The number of nitrogens with zero attached hydrogens (tertiary/aromatic N) is 1. The van der Waals surface area contributed by atoms with Crippen molar-refractivity contribution >= 4 is 29.0 Å². The molecule has 0 saturated carbocycles. The van der Waals surface area contributed by atoms with Crippen LogP contribution in [-0.2, 0) is 4.79 Å². The molecule has 1 atom stereocenters. The van der Waals surface area contributed by atoms with Crippen LogP contribution in [0.2, 0.25) is 0 Å². The highest BCUT2D eigenvalue weighted by molar-refractivity contribution is 8.00. The van der Waals surface area contributed by atoms with Crippen LogP contribution in [0.1, 0.15) is 10.8 Å². The number of nitrogens with one attached hydrogen (secondary N) is 1. The molecule has 3 aromatic rings. The zero-order chi connectivity index (χ0) is 18.4. The first-order valence-electron chi connectivity index (χ1n) is 7.95. The molecule has 0 spiro atoms. The van der Waals surface area contributed by atoms with E-state index in [1.807, 2.05) is 60.7 Å². The summed E-state index contributed by atoms with van der Waals surface area (Å²) >= 11 is 1.46. The Kier molecular flexibility index (Phi) is 5.66. The minimum Gasteiger partial charge on any atom is -0.325 e. The first-order valence-corrected chi connectivity index (χ1v) is 8.83. The van der Waals surface area contributed by atoms with E-state index >= 15 is 0 Å². The molecule has 1 N–H and O–H groups in total. The maximum atomic E-state index is 12.9. The van der Waals surface area contributed by atoms with Crippen molar-refractivity contribution in [2.45, 2.75) is 10.1 Å². The molecule has 0 aliphatic rings. The van der Waals surface area contributed by atoms with Crippen LogP contribution in [0.3, 0.4) is 0 Å². The molecule has 0 saturated heterocycles. The molecular formula is C20H16N2O3S. The summed E-state index contributed by atoms with van der Waals surface area (Å²) < 4.78 is 0. The maximum Gasteiger partial charge on any atom is 0.269 e. The normalized spacial score (nSPS) is 11.5. The van der Waals surface area contributed by atoms with Gasteiger partial charge in [0.1, 0.15) is 5.25 Å². The van der Waals surface area contributed by atoms with Gasteiger partial charge in [-0.25, -0.2) is 0 Å². The standard InChI is InChI=1S/C20H16N2O3S/c23-20(21-16-11-13-17(14-12-16)22(24)25)19(15-7-3-1-4-8-15)26-18-9-5-2-6-10-18/h1-14,19H,(H,21,23)/t19-/m0/s1. The summed E-state index contributed by atoms with van der Waals surface area (Å²) in [7, 11) is 0. The number of nitro benzene ring substituents is 1. The van der Waals surface area contributed by atoms with Crippen LogP contribution in [0.15, 0.2) is 89.8 Å². The predicted molar refractivity (Wildman–Crippen MR) is 103 cm³/mol. The van der Waals surface area contributed by atoms with Gasteiger partial charge in [0.05, 0.1) is 4.92 Å². The van der Waals surface area contributed by atoms with Gasteiger partial charge in [0.15, 0.2) is 0 Å². The Morgan fingerprint density at radius 3 is 2.04 bits per heavy atom. The number of non-ortho nitro benzene ring substituents is 1. The van der Waals surface area contributed by atoms with Crippen LogP contribution in [0.25, 0.3) is 0 Å². The van der Waals surface area contributed by atoms with E-state index in [-0.39, 0.29) is 11.6 Å². The van der Waals surface area contributed by atoms with E-state index in [1.165, 1.54) is 36.0 Å². The van der Waals surface area contributed by atoms with Gasteiger partial charge in [-0.1, -0.05) is 48.5 Å². The number of carbonyl (C=O) groups excluding carboxylic acids is 1. The summed E-state index contributed by atoms with van der Waals surface area (Å²) in [6.45, 7) is 0. The number of thioether (sulfide) groups is 1. The molecule has 0 aromatic heterocycles. The fraction of sp³-hybridized carbons (Fsp3) is 0.0500. The van der Waals surface area contributed by atoms with Gasteiger partial charge in [-0.05, 0) is 29.8 Å². The van der Waals surface area contributed by atoms with Crippen molar-refractivity contribution in [1.82, 2.24) is 0 Å². The highest BCUT2D eigenvalue weighted by Gasteiger charge is 2.22. The molecule has 0 fully saturated rings. The van der Waals surface area contributed by atoms with Gasteiger partial charge in [0, 0.05) is 22.7 Å². The molecule has 0 bridgehead atoms. The van der Waals surface area contributed by atoms with E-state index in [2.05, 4.69) is 5.32 Å². The van der Waals surface area contributed by atoms with Crippen LogP contribution in [0, 0.1) is 10.1 Å². The molecule has 0 unspecified atom stereocenters. The third kappa shape index (κ3) is 4.49. The summed E-state index contributed by atoms with van der Waals surface area (Å²) in [5.41, 5.74) is 1.40. The van der Waals surface area contributed by atoms with E-state index < -0.39 is 10.2 Å². The van der Waals surface area contributed by atoms with E-state index in [0.717, 1.165) is 10.5 Å². The Morgan fingerprint density at radius 1 is 0.885 bits per heavy atom. The van der Waals surface area contributed by atoms with Crippen LogP contribution >= 0.6 is 11.8 Å². The highest BCUT2D eigenvalue weighted by Crippen LogP contribution is 2.36. The molecule has 6 heteroatoms. The molecule has 26 heavy (non-hydrogen) atoms. The minimum atomic E-state index is -0.469. The molecule has 130 valence electrons. The Labute approximate surface area is 155 Å². The lowest BCUT2D eigenvalue weighted by Crippen LogP contribution is -2.19. The number of rotatable bonds is 6. The van der Waals surface area contributed by atoms with Crippen molar-refractivity contribution in [2.24, 2.45) is 0 Å². The smallest absolute Gasteiger partial charge is 0.269 e. The molecule has 0 radical (unpaired) electrons. The first kappa shape index (κ1) is 17.7. The zero-order valence-corrected chi connectivity index (χ0v) is 14.6. The fourth-order valence-corrected chi connectivity index (χ4v) is 3.46. The third-order valence-corrected chi connectivity index (χ3v) is 4.95. The monoisotopic (exact) mass is 364 g/mol. The second-order valence-electron chi connectivity index (χ2n) is 5.51. The van der Waals surface area contributed by atoms with Crippen molar-refractivity contribution in [3.05, 3.63) is 101 Å². The van der Waals surface area contributed by atoms with Gasteiger partial charge in [-0.2, -0.15) is 0 Å². The van der Waals surface area contributed by atoms with Crippen molar-refractivity contribution in [3.8, 4) is 0 Å². The van der Waals surface area contributed by atoms with Crippen LogP contribution in [0.4, 0.5) is 11.4 Å². The summed E-state index contributed by atoms with van der Waals surface area (Å²) in [4.78, 5) is 24.1. The van der Waals surface area contributed by atoms with E-state index in [0.29, 0.717) is 5.69 Å². The lowest BCUT2D eigenvalue weighted by atomic mass is 10.1. The molecular weight excluding hydrogens is 348 g/mol. The number of hydrogen-bond donors (Lipinski definition) is 1. The van der Waals surface area contributed by atoms with Crippen LogP contribution in [0.5, 0.6) is 0 Å². The van der Waals surface area contributed by atoms with Gasteiger partial charge in [0.25, 0.3) is 5.69 Å². The number of hydrogen-bond acceptors (Lipinski definition) is 4. The molecule has 0 aliphatic heterocycles. The van der Waals surface area contributed by atoms with Crippen molar-refractivity contribution in [1.29, 1.82) is 0 Å². The maximum absolute atomic E-state index is 12.9. The molecule has 3 aromatic carbocycles. The molecule has 1 amide bonds. The topological polar surface area (TPSA) is 72.2 Å². The molecule has 0 heterocycles. The van der Waals surface area contributed by atoms with Crippen molar-refractivity contribution in [2.75, 3.05) is 5.32 Å². The largest absolute Gasteiger partial charge is 0.325 e. The SMILES string of the molecule is O=C(Nc1ccc([N+](=O)[O-])cc1)[C@@H](Sc1ccccc1)c1ccccc1. The quantitative estimate of drug-likeness (QED) is 0.377. The fourth-order valence-electron chi connectivity index (χ4n) is 2.41. The lowest BCUT2D eigenvalue weighted by molar-refractivity contribution is -0.384. The highest BCUT2D eigenvalue weighted by atomic mass is 32.2. The number of benzene rings is 3. The summed E-state index contributed by atoms with van der Waals surface area (Å²) in [5.74, 6) is -0.182. The van der Waals surface area contributed by atoms with Crippen molar-refractivity contribution in [3.63, 3.8) is 0 Å². The second kappa shape index (κ2) is 8.31. The van der Waals surface area contributed by atoms with E-state index in [4.69, 9.17) is 0 Å².